The zero-order valence-electron chi connectivity index (χ0n) is 12.2. The summed E-state index contributed by atoms with van der Waals surface area (Å²) in [6, 6.07) is 10.5. The molecular weight excluding hydrogens is 291 g/mol. The second-order valence-corrected chi connectivity index (χ2v) is 6.03. The van der Waals surface area contributed by atoms with Crippen LogP contribution in [0.25, 0.3) is 0 Å². The van der Waals surface area contributed by atoms with E-state index in [1.807, 2.05) is 18.7 Å². The van der Waals surface area contributed by atoms with Crippen LogP contribution in [0.5, 0.6) is 0 Å². The van der Waals surface area contributed by atoms with Crippen molar-refractivity contribution in [3.8, 4) is 0 Å². The van der Waals surface area contributed by atoms with E-state index in [1.54, 1.807) is 0 Å². The van der Waals surface area contributed by atoms with E-state index >= 15 is 0 Å². The molecule has 2 nitrogen and oxygen atoms in total. The van der Waals surface area contributed by atoms with E-state index in [2.05, 4.69) is 42.4 Å². The van der Waals surface area contributed by atoms with Gasteiger partial charge in [-0.25, -0.2) is 0 Å². The van der Waals surface area contributed by atoms with E-state index in [9.17, 15) is 0 Å². The Balaban J connectivity index is 2.42. The van der Waals surface area contributed by atoms with Crippen molar-refractivity contribution in [2.24, 2.45) is 7.05 Å². The average Bonchev–Trinajstić information content (AvgIpc) is 2.74. The fraction of sp³-hybridized carbons (Fsp3) is 0.438. The quantitative estimate of drug-likeness (QED) is 0.763. The topological polar surface area (TPSA) is 17.8 Å². The van der Waals surface area contributed by atoms with Crippen LogP contribution in [0.1, 0.15) is 22.5 Å². The third-order valence-electron chi connectivity index (χ3n) is 3.76. The number of rotatable bonds is 5. The molecule has 0 aliphatic heterocycles. The molecule has 0 atom stereocenters. The Labute approximate surface area is 130 Å². The number of aromatic nitrogens is 2. The standard InChI is InChI=1S/C16H20Cl2N2/c1-12-5-4-6-14(7-12)16(10-17,11-18)9-15-8-13(2)19-20(15)3/h4-8H,9-11H2,1-3H3. The van der Waals surface area contributed by atoms with Gasteiger partial charge in [-0.1, -0.05) is 29.8 Å². The van der Waals surface area contributed by atoms with Gasteiger partial charge in [-0.15, -0.1) is 23.2 Å². The zero-order chi connectivity index (χ0) is 14.8. The Morgan fingerprint density at radius 3 is 2.35 bits per heavy atom. The van der Waals surface area contributed by atoms with Gasteiger partial charge in [0.2, 0.25) is 0 Å². The van der Waals surface area contributed by atoms with Crippen LogP contribution in [-0.2, 0) is 18.9 Å². The highest BCUT2D eigenvalue weighted by molar-refractivity contribution is 6.22. The highest BCUT2D eigenvalue weighted by Gasteiger charge is 2.32. The zero-order valence-corrected chi connectivity index (χ0v) is 13.7. The number of hydrogen-bond acceptors (Lipinski definition) is 1. The van der Waals surface area contributed by atoms with Crippen LogP contribution in [0.4, 0.5) is 0 Å². The van der Waals surface area contributed by atoms with E-state index in [4.69, 9.17) is 23.2 Å². The van der Waals surface area contributed by atoms with Crippen molar-refractivity contribution in [1.82, 2.24) is 9.78 Å². The third-order valence-corrected chi connectivity index (χ3v) is 4.78. The molecule has 1 heterocycles. The molecule has 0 radical (unpaired) electrons. The molecule has 2 aromatic rings. The summed E-state index contributed by atoms with van der Waals surface area (Å²) in [7, 11) is 1.96. The Morgan fingerprint density at radius 2 is 1.85 bits per heavy atom. The van der Waals surface area contributed by atoms with Gasteiger partial charge in [-0.2, -0.15) is 5.10 Å². The highest BCUT2D eigenvalue weighted by Crippen LogP contribution is 2.32. The summed E-state index contributed by atoms with van der Waals surface area (Å²) in [4.78, 5) is 0. The van der Waals surface area contributed by atoms with Crippen molar-refractivity contribution in [2.45, 2.75) is 25.7 Å². The van der Waals surface area contributed by atoms with Crippen molar-refractivity contribution in [1.29, 1.82) is 0 Å². The van der Waals surface area contributed by atoms with E-state index in [-0.39, 0.29) is 5.41 Å². The first-order valence-corrected chi connectivity index (χ1v) is 7.76. The van der Waals surface area contributed by atoms with Gasteiger partial charge in [0, 0.05) is 36.3 Å². The summed E-state index contributed by atoms with van der Waals surface area (Å²) in [6.07, 6.45) is 0.792. The molecule has 0 saturated heterocycles. The van der Waals surface area contributed by atoms with Gasteiger partial charge in [0.25, 0.3) is 0 Å². The number of alkyl halides is 2. The van der Waals surface area contributed by atoms with Crippen LogP contribution in [0.2, 0.25) is 0 Å². The SMILES string of the molecule is Cc1cccc(C(CCl)(CCl)Cc2cc(C)nn2C)c1. The van der Waals surface area contributed by atoms with Crippen LogP contribution < -0.4 is 0 Å². The summed E-state index contributed by atoms with van der Waals surface area (Å²) >= 11 is 12.6. The molecule has 0 unspecified atom stereocenters. The van der Waals surface area contributed by atoms with E-state index in [1.165, 1.54) is 11.1 Å². The van der Waals surface area contributed by atoms with Crippen molar-refractivity contribution in [3.63, 3.8) is 0 Å². The fourth-order valence-electron chi connectivity index (χ4n) is 2.54. The van der Waals surface area contributed by atoms with Gasteiger partial charge < -0.3 is 0 Å². The molecule has 1 aromatic carbocycles. The predicted octanol–water partition coefficient (Wildman–Crippen LogP) is 4.00. The maximum atomic E-state index is 6.31. The number of hydrogen-bond donors (Lipinski definition) is 0. The molecule has 0 saturated carbocycles. The Bertz CT molecular complexity index is 586. The molecule has 0 aliphatic rings. The first kappa shape index (κ1) is 15.4. The third kappa shape index (κ3) is 3.02. The fourth-order valence-corrected chi connectivity index (χ4v) is 3.32. The van der Waals surface area contributed by atoms with Gasteiger partial charge in [0.05, 0.1) is 5.69 Å². The molecule has 20 heavy (non-hydrogen) atoms. The average molecular weight is 311 g/mol. The lowest BCUT2D eigenvalue weighted by atomic mass is 9.79. The molecule has 0 spiro atoms. The van der Waals surface area contributed by atoms with Crippen LogP contribution in [0, 0.1) is 13.8 Å². The van der Waals surface area contributed by atoms with E-state index in [0.717, 1.165) is 17.8 Å². The van der Waals surface area contributed by atoms with Crippen molar-refractivity contribution >= 4 is 23.2 Å². The van der Waals surface area contributed by atoms with Gasteiger partial charge in [0.15, 0.2) is 0 Å². The summed E-state index contributed by atoms with van der Waals surface area (Å²) in [5, 5.41) is 4.41. The second-order valence-electron chi connectivity index (χ2n) is 5.49. The molecule has 0 aliphatic carbocycles. The minimum atomic E-state index is -0.255. The van der Waals surface area contributed by atoms with Crippen LogP contribution in [0.15, 0.2) is 30.3 Å². The predicted molar refractivity (Wildman–Crippen MR) is 85.9 cm³/mol. The molecule has 0 bridgehead atoms. The maximum Gasteiger partial charge on any atom is 0.0596 e. The molecule has 0 fully saturated rings. The number of benzene rings is 1. The van der Waals surface area contributed by atoms with Crippen molar-refractivity contribution in [3.05, 3.63) is 52.8 Å². The Kier molecular flexibility index (Phi) is 4.77. The van der Waals surface area contributed by atoms with Gasteiger partial charge in [-0.05, 0) is 25.5 Å². The normalized spacial score (nSPS) is 11.8. The molecule has 0 amide bonds. The molecule has 0 N–H and O–H groups in total. The molecular formula is C16H20Cl2N2. The van der Waals surface area contributed by atoms with Crippen LogP contribution in [-0.4, -0.2) is 21.5 Å². The summed E-state index contributed by atoms with van der Waals surface area (Å²) in [5.41, 5.74) is 4.34. The highest BCUT2D eigenvalue weighted by atomic mass is 35.5. The lowest BCUT2D eigenvalue weighted by Crippen LogP contribution is -2.34. The monoisotopic (exact) mass is 310 g/mol. The maximum absolute atomic E-state index is 6.31. The number of halogens is 2. The van der Waals surface area contributed by atoms with Gasteiger partial charge >= 0.3 is 0 Å². The van der Waals surface area contributed by atoms with Crippen LogP contribution >= 0.6 is 23.2 Å². The van der Waals surface area contributed by atoms with E-state index < -0.39 is 0 Å². The van der Waals surface area contributed by atoms with Gasteiger partial charge in [0.1, 0.15) is 0 Å². The van der Waals surface area contributed by atoms with E-state index in [0.29, 0.717) is 11.8 Å². The smallest absolute Gasteiger partial charge is 0.0596 e. The van der Waals surface area contributed by atoms with Crippen molar-refractivity contribution in [2.75, 3.05) is 11.8 Å². The molecule has 108 valence electrons. The number of nitrogens with zero attached hydrogens (tertiary/aromatic N) is 2. The molecule has 2 rings (SSSR count). The van der Waals surface area contributed by atoms with Crippen molar-refractivity contribution < 1.29 is 0 Å². The Morgan fingerprint density at radius 1 is 1.15 bits per heavy atom. The molecule has 4 heteroatoms. The van der Waals surface area contributed by atoms with Gasteiger partial charge in [-0.3, -0.25) is 4.68 Å². The minimum absolute atomic E-state index is 0.255. The number of aryl methyl sites for hydroxylation is 3. The Hall–Kier alpha value is -0.990. The first-order chi connectivity index (χ1) is 9.50. The second kappa shape index (κ2) is 6.19. The minimum Gasteiger partial charge on any atom is -0.272 e. The lowest BCUT2D eigenvalue weighted by Gasteiger charge is -2.30. The summed E-state index contributed by atoms with van der Waals surface area (Å²) < 4.78 is 1.92. The first-order valence-electron chi connectivity index (χ1n) is 6.69. The molecule has 1 aromatic heterocycles. The van der Waals surface area contributed by atoms with Crippen LogP contribution in [0.3, 0.4) is 0 Å². The lowest BCUT2D eigenvalue weighted by molar-refractivity contribution is 0.510. The summed E-state index contributed by atoms with van der Waals surface area (Å²) in [6.45, 7) is 4.09. The summed E-state index contributed by atoms with van der Waals surface area (Å²) in [5.74, 6) is 0.981. The largest absolute Gasteiger partial charge is 0.272 e.